The van der Waals surface area contributed by atoms with Gasteiger partial charge in [0.25, 0.3) is 0 Å². The second-order valence-corrected chi connectivity index (χ2v) is 5.44. The van der Waals surface area contributed by atoms with Crippen molar-refractivity contribution in [3.8, 4) is 11.3 Å². The van der Waals surface area contributed by atoms with E-state index in [1.54, 1.807) is 6.26 Å². The lowest BCUT2D eigenvalue weighted by atomic mass is 10.1. The molecular formula is C19H11N3O. The summed E-state index contributed by atoms with van der Waals surface area (Å²) in [5, 5.41) is 11.5. The summed E-state index contributed by atoms with van der Waals surface area (Å²) < 4.78 is 5.72. The van der Waals surface area contributed by atoms with Crippen LogP contribution in [0.3, 0.4) is 0 Å². The monoisotopic (exact) mass is 297 g/mol. The van der Waals surface area contributed by atoms with E-state index in [4.69, 9.17) is 9.40 Å². The molecule has 5 rings (SSSR count). The fourth-order valence-electron chi connectivity index (χ4n) is 2.93. The standard InChI is InChI=1S/C19H11N3O/c1-2-6-12(7-3-1)18-15-10-13-11-23-16-9-5-4-8-14(16)17(13)20-19(15)22-21-18/h1-11H. The summed E-state index contributed by atoms with van der Waals surface area (Å²) in [5.41, 5.74) is 4.25. The highest BCUT2D eigenvalue weighted by Gasteiger charge is 2.13. The van der Waals surface area contributed by atoms with Gasteiger partial charge in [-0.1, -0.05) is 42.5 Å². The fourth-order valence-corrected chi connectivity index (χ4v) is 2.93. The van der Waals surface area contributed by atoms with Crippen LogP contribution < -0.4 is 0 Å². The first-order chi connectivity index (χ1) is 11.4. The Morgan fingerprint density at radius 3 is 2.52 bits per heavy atom. The molecule has 0 fully saturated rings. The molecule has 108 valence electrons. The van der Waals surface area contributed by atoms with E-state index in [2.05, 4.69) is 16.3 Å². The van der Waals surface area contributed by atoms with Crippen LogP contribution in [0.5, 0.6) is 0 Å². The molecule has 4 heteroatoms. The van der Waals surface area contributed by atoms with E-state index in [0.717, 1.165) is 38.5 Å². The van der Waals surface area contributed by atoms with Crippen LogP contribution in [-0.4, -0.2) is 15.2 Å². The Labute approximate surface area is 131 Å². The van der Waals surface area contributed by atoms with Crippen molar-refractivity contribution < 1.29 is 4.42 Å². The van der Waals surface area contributed by atoms with Gasteiger partial charge in [0.05, 0.1) is 10.9 Å². The first-order valence-electron chi connectivity index (χ1n) is 7.39. The molecule has 0 bridgehead atoms. The number of fused-ring (bicyclic) bond motifs is 4. The van der Waals surface area contributed by atoms with Gasteiger partial charge < -0.3 is 4.42 Å². The Kier molecular flexibility index (Phi) is 2.46. The van der Waals surface area contributed by atoms with Crippen molar-refractivity contribution in [1.29, 1.82) is 0 Å². The van der Waals surface area contributed by atoms with E-state index < -0.39 is 0 Å². The molecule has 0 radical (unpaired) electrons. The Morgan fingerprint density at radius 1 is 0.783 bits per heavy atom. The smallest absolute Gasteiger partial charge is 0.184 e. The van der Waals surface area contributed by atoms with Crippen molar-refractivity contribution in [2.45, 2.75) is 0 Å². The second kappa shape index (κ2) is 4.61. The molecule has 0 aliphatic rings. The third-order valence-corrected chi connectivity index (χ3v) is 4.03. The van der Waals surface area contributed by atoms with Gasteiger partial charge in [-0.2, -0.15) is 0 Å². The molecule has 0 aliphatic carbocycles. The van der Waals surface area contributed by atoms with E-state index >= 15 is 0 Å². The van der Waals surface area contributed by atoms with Crippen LogP contribution in [0.25, 0.3) is 44.2 Å². The number of hydrogen-bond donors (Lipinski definition) is 0. The van der Waals surface area contributed by atoms with Crippen LogP contribution in [0.4, 0.5) is 0 Å². The third kappa shape index (κ3) is 1.82. The van der Waals surface area contributed by atoms with Crippen molar-refractivity contribution in [3.05, 3.63) is 66.9 Å². The van der Waals surface area contributed by atoms with Gasteiger partial charge in [-0.3, -0.25) is 0 Å². The molecule has 0 spiro atoms. The number of benzene rings is 2. The average molecular weight is 297 g/mol. The topological polar surface area (TPSA) is 51.8 Å². The molecule has 0 amide bonds. The summed E-state index contributed by atoms with van der Waals surface area (Å²) in [6, 6.07) is 20.0. The summed E-state index contributed by atoms with van der Waals surface area (Å²) >= 11 is 0. The largest absolute Gasteiger partial charge is 0.464 e. The normalized spacial score (nSPS) is 11.5. The molecule has 0 aliphatic heterocycles. The summed E-state index contributed by atoms with van der Waals surface area (Å²) in [5.74, 6) is 0. The van der Waals surface area contributed by atoms with Crippen molar-refractivity contribution >= 4 is 32.9 Å². The minimum Gasteiger partial charge on any atom is -0.464 e. The van der Waals surface area contributed by atoms with Crippen LogP contribution in [0, 0.1) is 0 Å². The van der Waals surface area contributed by atoms with Crippen LogP contribution >= 0.6 is 0 Å². The highest BCUT2D eigenvalue weighted by molar-refractivity contribution is 6.07. The summed E-state index contributed by atoms with van der Waals surface area (Å²) in [4.78, 5) is 4.72. The van der Waals surface area contributed by atoms with E-state index in [0.29, 0.717) is 5.65 Å². The van der Waals surface area contributed by atoms with Gasteiger partial charge in [0, 0.05) is 16.3 Å². The lowest BCUT2D eigenvalue weighted by molar-refractivity contribution is 0.611. The lowest BCUT2D eigenvalue weighted by Crippen LogP contribution is -1.84. The van der Waals surface area contributed by atoms with Crippen molar-refractivity contribution in [3.63, 3.8) is 0 Å². The first-order valence-corrected chi connectivity index (χ1v) is 7.39. The summed E-state index contributed by atoms with van der Waals surface area (Å²) in [6.45, 7) is 0. The van der Waals surface area contributed by atoms with E-state index in [1.807, 2.05) is 54.6 Å². The van der Waals surface area contributed by atoms with Crippen LogP contribution in [0.2, 0.25) is 0 Å². The van der Waals surface area contributed by atoms with Gasteiger partial charge in [-0.15, -0.1) is 10.2 Å². The maximum absolute atomic E-state index is 5.72. The minimum atomic E-state index is 0.660. The van der Waals surface area contributed by atoms with Crippen LogP contribution in [-0.2, 0) is 0 Å². The van der Waals surface area contributed by atoms with Gasteiger partial charge in [-0.25, -0.2) is 4.98 Å². The molecule has 23 heavy (non-hydrogen) atoms. The minimum absolute atomic E-state index is 0.660. The molecule has 0 saturated heterocycles. The fraction of sp³-hybridized carbons (Fsp3) is 0. The molecule has 0 saturated carbocycles. The van der Waals surface area contributed by atoms with Crippen molar-refractivity contribution in [1.82, 2.24) is 15.2 Å². The Hall–Kier alpha value is -3.27. The maximum Gasteiger partial charge on any atom is 0.184 e. The molecular weight excluding hydrogens is 286 g/mol. The second-order valence-electron chi connectivity index (χ2n) is 5.44. The van der Waals surface area contributed by atoms with Crippen molar-refractivity contribution in [2.75, 3.05) is 0 Å². The van der Waals surface area contributed by atoms with Crippen LogP contribution in [0.1, 0.15) is 0 Å². The molecule has 5 aromatic rings. The van der Waals surface area contributed by atoms with Gasteiger partial charge >= 0.3 is 0 Å². The number of para-hydroxylation sites is 1. The highest BCUT2D eigenvalue weighted by atomic mass is 16.3. The summed E-state index contributed by atoms with van der Waals surface area (Å²) in [6.07, 6.45) is 1.74. The zero-order valence-electron chi connectivity index (χ0n) is 12.1. The molecule has 4 nitrogen and oxygen atoms in total. The van der Waals surface area contributed by atoms with E-state index in [9.17, 15) is 0 Å². The van der Waals surface area contributed by atoms with E-state index in [-0.39, 0.29) is 0 Å². The Balaban J connectivity index is 1.87. The van der Waals surface area contributed by atoms with Crippen molar-refractivity contribution in [2.24, 2.45) is 0 Å². The average Bonchev–Trinajstić information content (AvgIpc) is 3.03. The molecule has 0 atom stereocenters. The first kappa shape index (κ1) is 12.3. The van der Waals surface area contributed by atoms with E-state index in [1.165, 1.54) is 0 Å². The number of rotatable bonds is 1. The number of pyridine rings is 1. The highest BCUT2D eigenvalue weighted by Crippen LogP contribution is 2.30. The maximum atomic E-state index is 5.72. The molecule has 0 unspecified atom stereocenters. The zero-order valence-corrected chi connectivity index (χ0v) is 12.1. The molecule has 0 N–H and O–H groups in total. The predicted octanol–water partition coefficient (Wildman–Crippen LogP) is 4.59. The van der Waals surface area contributed by atoms with Gasteiger partial charge in [-0.05, 0) is 18.2 Å². The van der Waals surface area contributed by atoms with Gasteiger partial charge in [0.2, 0.25) is 0 Å². The number of hydrogen-bond acceptors (Lipinski definition) is 4. The molecule has 3 aromatic heterocycles. The Bertz CT molecular complexity index is 1160. The number of aromatic nitrogens is 3. The van der Waals surface area contributed by atoms with Gasteiger partial charge in [0.1, 0.15) is 17.5 Å². The zero-order chi connectivity index (χ0) is 15.2. The summed E-state index contributed by atoms with van der Waals surface area (Å²) in [7, 11) is 0. The van der Waals surface area contributed by atoms with Gasteiger partial charge in [0.15, 0.2) is 5.65 Å². The molecule has 3 heterocycles. The number of nitrogens with zero attached hydrogens (tertiary/aromatic N) is 3. The Morgan fingerprint density at radius 2 is 1.61 bits per heavy atom. The quantitative estimate of drug-likeness (QED) is 0.425. The SMILES string of the molecule is c1ccc(-c2nnc3nc4c(coc5ccccc54)cc23)cc1. The van der Waals surface area contributed by atoms with Crippen LogP contribution in [0.15, 0.2) is 71.3 Å². The predicted molar refractivity (Wildman–Crippen MR) is 90.0 cm³/mol. The molecule has 2 aromatic carbocycles. The lowest BCUT2D eigenvalue weighted by Gasteiger charge is -2.03. The third-order valence-electron chi connectivity index (χ3n) is 4.03.